The fourth-order valence-electron chi connectivity index (χ4n) is 12.3. The molecule has 1 aromatic heterocycles. The third-order valence-electron chi connectivity index (χ3n) is 14.8. The summed E-state index contributed by atoms with van der Waals surface area (Å²) in [7, 11) is 0. The molecule has 3 nitrogen and oxygen atoms in total. The number of hydrogen-bond acceptors (Lipinski definition) is 4. The molecule has 2 spiro atoms. The number of rotatable bonds is 3. The van der Waals surface area contributed by atoms with Gasteiger partial charge < -0.3 is 14.1 Å². The Labute approximate surface area is 386 Å². The van der Waals surface area contributed by atoms with Crippen LogP contribution >= 0.6 is 11.8 Å². The van der Waals surface area contributed by atoms with E-state index in [1.165, 1.54) is 65.4 Å². The maximum atomic E-state index is 6.66. The highest BCUT2D eigenvalue weighted by Gasteiger charge is 2.52. The largest absolute Gasteiger partial charge is 0.457 e. The van der Waals surface area contributed by atoms with Crippen molar-refractivity contribution in [3.8, 4) is 33.8 Å². The van der Waals surface area contributed by atoms with Crippen LogP contribution in [0.25, 0.3) is 44.2 Å². The monoisotopic (exact) mass is 859 g/mol. The molecule has 4 heteroatoms. The molecule has 0 saturated carbocycles. The Kier molecular flexibility index (Phi) is 7.29. The maximum absolute atomic E-state index is 6.66. The zero-order valence-electron chi connectivity index (χ0n) is 35.5. The molecule has 0 fully saturated rings. The Bertz CT molecular complexity index is 3790. The first-order valence-corrected chi connectivity index (χ1v) is 23.5. The number of hydrogen-bond donors (Lipinski definition) is 0. The summed E-state index contributed by atoms with van der Waals surface area (Å²) in [6.45, 7) is 0. The molecule has 15 rings (SSSR count). The number of para-hydroxylation sites is 3. The van der Waals surface area contributed by atoms with Gasteiger partial charge in [0.1, 0.15) is 22.7 Å². The number of anilines is 3. The molecule has 11 aromatic rings. The number of furan rings is 1. The molecule has 0 radical (unpaired) electrons. The molecule has 0 saturated heterocycles. The number of benzene rings is 10. The number of ether oxygens (including phenoxy) is 1. The minimum atomic E-state index is -0.555. The average Bonchev–Trinajstić information content (AvgIpc) is 3.99. The van der Waals surface area contributed by atoms with Gasteiger partial charge in [0.25, 0.3) is 0 Å². The van der Waals surface area contributed by atoms with Crippen LogP contribution < -0.4 is 9.64 Å². The van der Waals surface area contributed by atoms with Gasteiger partial charge in [-0.3, -0.25) is 0 Å². The lowest BCUT2D eigenvalue weighted by Gasteiger charge is -2.40. The number of nitrogens with zero attached hydrogens (tertiary/aromatic N) is 1. The van der Waals surface area contributed by atoms with E-state index in [-0.39, 0.29) is 0 Å². The van der Waals surface area contributed by atoms with Crippen LogP contribution in [0.5, 0.6) is 11.5 Å². The molecule has 10 aromatic carbocycles. The van der Waals surface area contributed by atoms with Gasteiger partial charge in [0, 0.05) is 48.8 Å². The molecular formula is C62H37NO2S. The van der Waals surface area contributed by atoms with Crippen LogP contribution in [0.1, 0.15) is 44.5 Å². The van der Waals surface area contributed by atoms with Crippen LogP contribution in [0.3, 0.4) is 0 Å². The molecule has 0 unspecified atom stereocenters. The molecule has 0 N–H and O–H groups in total. The topological polar surface area (TPSA) is 25.6 Å². The molecule has 0 bridgehead atoms. The first-order valence-electron chi connectivity index (χ1n) is 22.7. The van der Waals surface area contributed by atoms with Gasteiger partial charge in [0.2, 0.25) is 0 Å². The van der Waals surface area contributed by atoms with Gasteiger partial charge in [0.05, 0.1) is 10.8 Å². The summed E-state index contributed by atoms with van der Waals surface area (Å²) in [6.07, 6.45) is 0. The summed E-state index contributed by atoms with van der Waals surface area (Å²) < 4.78 is 13.1. The van der Waals surface area contributed by atoms with Gasteiger partial charge >= 0.3 is 0 Å². The normalized spacial score (nSPS) is 14.7. The SMILES string of the molecule is c1ccc2c(c1)Oc1ccccc1C21c2ccccc2-c2cc(N(c3ccc4c(c3)C3(c5ccccc5Sc5ccccc53)c3ccccc3-4)c3ccc4oc5ccccc5c4c3)ccc21. The second-order valence-electron chi connectivity index (χ2n) is 17.9. The minimum absolute atomic E-state index is 0.510. The summed E-state index contributed by atoms with van der Waals surface area (Å²) in [5, 5.41) is 2.19. The van der Waals surface area contributed by atoms with Gasteiger partial charge in [-0.05, 0) is 128 Å². The van der Waals surface area contributed by atoms with Crippen LogP contribution in [0.2, 0.25) is 0 Å². The van der Waals surface area contributed by atoms with Crippen molar-refractivity contribution in [2.45, 2.75) is 20.6 Å². The lowest BCUT2D eigenvalue weighted by atomic mass is 9.66. The van der Waals surface area contributed by atoms with Gasteiger partial charge in [-0.2, -0.15) is 0 Å². The van der Waals surface area contributed by atoms with Crippen LogP contribution in [0.15, 0.2) is 239 Å². The minimum Gasteiger partial charge on any atom is -0.457 e. The lowest BCUT2D eigenvalue weighted by Crippen LogP contribution is -2.32. The highest BCUT2D eigenvalue weighted by atomic mass is 32.2. The molecule has 0 amide bonds. The van der Waals surface area contributed by atoms with Crippen molar-refractivity contribution in [1.82, 2.24) is 0 Å². The van der Waals surface area contributed by atoms with E-state index in [0.29, 0.717) is 0 Å². The van der Waals surface area contributed by atoms with E-state index in [9.17, 15) is 0 Å². The first kappa shape index (κ1) is 36.3. The lowest BCUT2D eigenvalue weighted by molar-refractivity contribution is 0.436. The fraction of sp³-hybridized carbons (Fsp3) is 0.0323. The second-order valence-corrected chi connectivity index (χ2v) is 18.9. The predicted octanol–water partition coefficient (Wildman–Crippen LogP) is 16.4. The van der Waals surface area contributed by atoms with Gasteiger partial charge in [-0.25, -0.2) is 0 Å². The zero-order valence-corrected chi connectivity index (χ0v) is 36.4. The van der Waals surface area contributed by atoms with E-state index in [4.69, 9.17) is 9.15 Å². The first-order chi connectivity index (χ1) is 32.7. The highest BCUT2D eigenvalue weighted by Crippen LogP contribution is 2.65. The quantitative estimate of drug-likeness (QED) is 0.177. The molecule has 0 atom stereocenters. The van der Waals surface area contributed by atoms with E-state index in [0.717, 1.165) is 61.6 Å². The summed E-state index contributed by atoms with van der Waals surface area (Å²) >= 11 is 1.88. The third kappa shape index (κ3) is 4.59. The van der Waals surface area contributed by atoms with E-state index < -0.39 is 10.8 Å². The standard InChI is InChI=1S/C62H37NO2S/c1-4-18-47-41(15-1)43-32-29-40(37-54(43)62(47)52-22-8-13-27-59(52)66-60-28-14-9-23-53(60)62)63(39-31-34-56-46(36-39)44-17-3-10-24-55(44)64-56)38-30-33-49-45(35-38)42-16-2-5-19-48(42)61(49)50-20-6-11-25-57(50)65-58-26-12-7-21-51(58)61/h1-37H. The molecule has 66 heavy (non-hydrogen) atoms. The summed E-state index contributed by atoms with van der Waals surface area (Å²) in [5.74, 6) is 1.78. The molecule has 308 valence electrons. The second kappa shape index (κ2) is 13.3. The zero-order chi connectivity index (χ0) is 43.1. The van der Waals surface area contributed by atoms with Gasteiger partial charge in [0.15, 0.2) is 0 Å². The van der Waals surface area contributed by atoms with Crippen LogP contribution in [-0.2, 0) is 10.8 Å². The molecular weight excluding hydrogens is 823 g/mol. The Morgan fingerprint density at radius 3 is 1.50 bits per heavy atom. The third-order valence-corrected chi connectivity index (χ3v) is 15.9. The van der Waals surface area contributed by atoms with E-state index >= 15 is 0 Å². The Morgan fingerprint density at radius 1 is 0.318 bits per heavy atom. The van der Waals surface area contributed by atoms with Crippen molar-refractivity contribution in [3.63, 3.8) is 0 Å². The Hall–Kier alpha value is -8.05. The maximum Gasteiger partial charge on any atom is 0.135 e. The van der Waals surface area contributed by atoms with Crippen LogP contribution in [-0.4, -0.2) is 0 Å². The van der Waals surface area contributed by atoms with Crippen LogP contribution in [0.4, 0.5) is 17.1 Å². The van der Waals surface area contributed by atoms with Crippen molar-refractivity contribution < 1.29 is 9.15 Å². The van der Waals surface area contributed by atoms with Crippen molar-refractivity contribution >= 4 is 50.8 Å². The molecule has 3 heterocycles. The van der Waals surface area contributed by atoms with Crippen molar-refractivity contribution in [3.05, 3.63) is 269 Å². The van der Waals surface area contributed by atoms with Crippen LogP contribution in [0, 0.1) is 0 Å². The van der Waals surface area contributed by atoms with E-state index in [2.05, 4.69) is 223 Å². The predicted molar refractivity (Wildman–Crippen MR) is 267 cm³/mol. The summed E-state index contributed by atoms with van der Waals surface area (Å²) in [6, 6.07) is 82.7. The smallest absolute Gasteiger partial charge is 0.135 e. The van der Waals surface area contributed by atoms with Crippen molar-refractivity contribution in [2.24, 2.45) is 0 Å². The average molecular weight is 860 g/mol. The van der Waals surface area contributed by atoms with Crippen molar-refractivity contribution in [2.75, 3.05) is 4.90 Å². The molecule has 2 aliphatic carbocycles. The van der Waals surface area contributed by atoms with E-state index in [1.54, 1.807) is 0 Å². The van der Waals surface area contributed by atoms with E-state index in [1.807, 2.05) is 17.8 Å². The number of fused-ring (bicyclic) bond motifs is 21. The Morgan fingerprint density at radius 2 is 0.788 bits per heavy atom. The summed E-state index contributed by atoms with van der Waals surface area (Å²) in [5.41, 5.74) is 19.0. The van der Waals surface area contributed by atoms with Gasteiger partial charge in [-0.15, -0.1) is 0 Å². The molecule has 4 aliphatic rings. The Balaban J connectivity index is 1.01. The van der Waals surface area contributed by atoms with Gasteiger partial charge in [-0.1, -0.05) is 163 Å². The molecule has 2 aliphatic heterocycles. The fourth-order valence-corrected chi connectivity index (χ4v) is 13.5. The summed E-state index contributed by atoms with van der Waals surface area (Å²) in [4.78, 5) is 5.05. The van der Waals surface area contributed by atoms with Crippen molar-refractivity contribution in [1.29, 1.82) is 0 Å². The highest BCUT2D eigenvalue weighted by molar-refractivity contribution is 7.99.